The smallest absolute Gasteiger partial charge is 0.822 e. The fraction of sp³-hybridized carbons (Fsp3) is 0. The Morgan fingerprint density at radius 2 is 0.667 bits per heavy atom. The number of rotatable bonds is 0. The zero-order chi connectivity index (χ0) is 9.00. The van der Waals surface area contributed by atoms with Crippen molar-refractivity contribution < 1.29 is 64.7 Å². The van der Waals surface area contributed by atoms with Crippen LogP contribution in [-0.2, 0) is 35.3 Å². The quantitative estimate of drug-likeness (QED) is 0.276. The second kappa shape index (κ2) is 10.2. The van der Waals surface area contributed by atoms with E-state index in [0.29, 0.717) is 0 Å². The van der Waals surface area contributed by atoms with Crippen LogP contribution in [0.3, 0.4) is 0 Å². The van der Waals surface area contributed by atoms with Crippen molar-refractivity contribution in [3.8, 4) is 0 Å². The van der Waals surface area contributed by atoms with E-state index in [2.05, 4.69) is 0 Å². The summed E-state index contributed by atoms with van der Waals surface area (Å²) in [6, 6.07) is 0. The van der Waals surface area contributed by atoms with Gasteiger partial charge < -0.3 is 38.5 Å². The maximum atomic E-state index is 8.55. The van der Waals surface area contributed by atoms with Crippen LogP contribution in [0.1, 0.15) is 0 Å². The summed E-state index contributed by atoms with van der Waals surface area (Å²) in [5.74, 6) is 0. The zero-order valence-electron chi connectivity index (χ0n) is 5.37. The van der Waals surface area contributed by atoms with E-state index in [1.165, 1.54) is 0 Å². The molecule has 0 aliphatic heterocycles. The topological polar surface area (TPSA) is 172 Å². The minimum atomic E-state index is -5.39. The second-order valence-electron chi connectivity index (χ2n) is 0.894. The average Bonchev–Trinajstić information content (AvgIpc) is 1.12. The Bertz CT molecular complexity index is 129. The molecule has 0 fully saturated rings. The molecular weight excluding hydrogens is 418 g/mol. The largest absolute Gasteiger partial charge is 4.00 e. The van der Waals surface area contributed by atoms with E-state index in [1.54, 1.807) is 0 Å². The van der Waals surface area contributed by atoms with Crippen molar-refractivity contribution >= 4 is 64.5 Å². The summed E-state index contributed by atoms with van der Waals surface area (Å²) in [5.41, 5.74) is 0. The van der Waals surface area contributed by atoms with Crippen molar-refractivity contribution in [3.05, 3.63) is 0 Å². The van der Waals surface area contributed by atoms with Crippen molar-refractivity contribution in [1.29, 1.82) is 0 Å². The second-order valence-corrected chi connectivity index (χ2v) is 2.68. The predicted molar refractivity (Wildman–Crippen MR) is 21.0 cm³/mol. The molecule has 64 valence electrons. The molecule has 0 amide bonds. The van der Waals surface area contributed by atoms with Crippen molar-refractivity contribution in [2.45, 2.75) is 0 Å². The molecule has 0 radical (unpaired) electrons. The van der Waals surface area contributed by atoms with Gasteiger partial charge in [-0.3, -0.25) is 0 Å². The zero-order valence-corrected chi connectivity index (χ0v) is 14.1. The van der Waals surface area contributed by atoms with E-state index in [4.69, 9.17) is 38.5 Å². The van der Waals surface area contributed by atoms with E-state index in [0.717, 1.165) is 0 Å². The molecule has 0 aliphatic carbocycles. The predicted octanol–water partition coefficient (Wildman–Crippen LogP) is -6.03. The molecule has 0 spiro atoms. The van der Waals surface area contributed by atoms with E-state index >= 15 is 0 Å². The van der Waals surface area contributed by atoms with Crippen LogP contribution in [0, 0.1) is 0 Å². The van der Waals surface area contributed by atoms with Gasteiger partial charge in [-0.25, -0.2) is 0 Å². The Kier molecular flexibility index (Phi) is 20.5. The molecule has 12 heavy (non-hydrogen) atoms. The normalized spacial score (nSPS) is 9.83. The van der Waals surface area contributed by atoms with E-state index in [9.17, 15) is 0 Å². The maximum Gasteiger partial charge on any atom is 4.00 e. The van der Waals surface area contributed by atoms with Gasteiger partial charge in [-0.05, 0) is 0 Å². The van der Waals surface area contributed by atoms with Gasteiger partial charge in [0, 0.05) is 0 Å². The van der Waals surface area contributed by atoms with Crippen LogP contribution < -0.4 is 29.4 Å². The molecule has 0 bridgehead atoms. The fourth-order valence-corrected chi connectivity index (χ4v) is 0. The van der Waals surface area contributed by atoms with Crippen LogP contribution in [0.5, 0.6) is 0 Å². The molecule has 0 aliphatic rings. The minimum absolute atomic E-state index is 0. The number of hydrogen-bond donors (Lipinski definition) is 0. The first-order valence-electron chi connectivity index (χ1n) is 1.46. The molecule has 0 saturated heterocycles. The summed E-state index contributed by atoms with van der Waals surface area (Å²) in [6.45, 7) is 0. The van der Waals surface area contributed by atoms with Crippen LogP contribution in [0.2, 0.25) is 0 Å². The molecule has 0 aromatic rings. The maximum absolute atomic E-state index is 8.55. The Morgan fingerprint density at radius 3 is 0.667 bits per heavy atom. The van der Waals surface area contributed by atoms with Gasteiger partial charge in [0.15, 0.2) is 0 Å². The van der Waals surface area contributed by atoms with Crippen LogP contribution in [0.15, 0.2) is 0 Å². The third kappa shape index (κ3) is 241. The molecule has 0 N–H and O–H groups in total. The van der Waals surface area contributed by atoms with Gasteiger partial charge >= 0.3 is 75.1 Å². The minimum Gasteiger partial charge on any atom is -0.822 e. The molecule has 0 heterocycles. The summed E-state index contributed by atoms with van der Waals surface area (Å²) in [4.78, 5) is 51.3. The van der Waals surface area contributed by atoms with Gasteiger partial charge in [0.25, 0.3) is 0 Å². The third-order valence-corrected chi connectivity index (χ3v) is 0. The summed E-state index contributed by atoms with van der Waals surface area (Å²) in [7, 11) is -10.8. The van der Waals surface area contributed by atoms with Crippen molar-refractivity contribution in [2.75, 3.05) is 0 Å². The molecule has 0 aromatic carbocycles. The van der Waals surface area contributed by atoms with E-state index < -0.39 is 15.6 Å². The van der Waals surface area contributed by atoms with Crippen molar-refractivity contribution in [2.24, 2.45) is 0 Å². The summed E-state index contributed by atoms with van der Waals surface area (Å²) >= 11 is 0. The van der Waals surface area contributed by atoms with Crippen LogP contribution in [-0.4, -0.2) is 48.9 Å². The monoisotopic (exact) mass is 418 g/mol. The summed E-state index contributed by atoms with van der Waals surface area (Å²) in [6.07, 6.45) is 0. The first-order valence-corrected chi connectivity index (χ1v) is 4.38. The SMILES string of the molecule is O=P([O-])([O-])[O-].O=P([O-])([O-])[O-].[Ba+2].[Zr+4]. The molecule has 0 rings (SSSR count). The first-order chi connectivity index (χ1) is 4.00. The van der Waals surface area contributed by atoms with Crippen LogP contribution in [0.25, 0.3) is 0 Å². The Labute approximate surface area is 127 Å². The summed E-state index contributed by atoms with van der Waals surface area (Å²) in [5, 5.41) is 0. The molecule has 8 nitrogen and oxygen atoms in total. The van der Waals surface area contributed by atoms with E-state index in [1.807, 2.05) is 0 Å². The van der Waals surface area contributed by atoms with Gasteiger partial charge in [-0.15, -0.1) is 0 Å². The number of phosphoric acid groups is 2. The first kappa shape index (κ1) is 24.1. The summed E-state index contributed by atoms with van der Waals surface area (Å²) < 4.78 is 17.1. The van der Waals surface area contributed by atoms with Gasteiger partial charge in [0.2, 0.25) is 0 Å². The standard InChI is InChI=1S/Ba.2H3O4P.Zr/c;2*1-5(2,3)4;/h;2*(H3,1,2,3,4);/q+2;;;+4/p-6. The Balaban J connectivity index is -0.0000000457. The fourth-order valence-electron chi connectivity index (χ4n) is 0. The molecular formula is BaO8P2Zr. The van der Waals surface area contributed by atoms with Gasteiger partial charge in [0.1, 0.15) is 0 Å². The van der Waals surface area contributed by atoms with Gasteiger partial charge in [-0.1, -0.05) is 0 Å². The van der Waals surface area contributed by atoms with Crippen LogP contribution >= 0.6 is 15.6 Å². The average molecular weight is 418 g/mol. The van der Waals surface area contributed by atoms with Crippen LogP contribution in [0.4, 0.5) is 0 Å². The third-order valence-electron chi connectivity index (χ3n) is 0. The molecule has 0 unspecified atom stereocenters. The Morgan fingerprint density at radius 1 is 0.667 bits per heavy atom. The van der Waals surface area contributed by atoms with Gasteiger partial charge in [-0.2, -0.15) is 15.6 Å². The number of hydrogen-bond acceptors (Lipinski definition) is 8. The van der Waals surface area contributed by atoms with Crippen molar-refractivity contribution in [1.82, 2.24) is 0 Å². The van der Waals surface area contributed by atoms with Crippen molar-refractivity contribution in [3.63, 3.8) is 0 Å². The van der Waals surface area contributed by atoms with E-state index in [-0.39, 0.29) is 75.1 Å². The van der Waals surface area contributed by atoms with Gasteiger partial charge in [0.05, 0.1) is 0 Å². The molecule has 0 aromatic heterocycles. The molecule has 12 heteroatoms. The Hall–Kier alpha value is 2.67. The molecule has 0 saturated carbocycles. The molecule has 0 atom stereocenters.